The summed E-state index contributed by atoms with van der Waals surface area (Å²) in [5, 5.41) is 1.56. The molecule has 0 aliphatic carbocycles. The fraction of sp³-hybridized carbons (Fsp3) is 0.625. The molecule has 2 N–H and O–H groups in total. The molecule has 82 valence electrons. The lowest BCUT2D eigenvalue weighted by atomic mass is 10.1. The highest BCUT2D eigenvalue weighted by Gasteiger charge is 2.24. The fourth-order valence-corrected chi connectivity index (χ4v) is 1.48. The first-order valence-corrected chi connectivity index (χ1v) is 5.66. The van der Waals surface area contributed by atoms with Crippen molar-refractivity contribution in [1.29, 1.82) is 0 Å². The average Bonchev–Trinajstić information content (AvgIpc) is 2.10. The van der Waals surface area contributed by atoms with Crippen LogP contribution in [-0.2, 0) is 14.9 Å². The standard InChI is InChI=1S/C8H15NO4S/c1-4-8(10)9-5-6(2)7(3)14(11,12)13/h4,6-7H,1,5H2,2-3H3,(H,9,10)(H,11,12,13). The van der Waals surface area contributed by atoms with E-state index in [1.807, 2.05) is 0 Å². The Balaban J connectivity index is 4.16. The van der Waals surface area contributed by atoms with Crippen LogP contribution in [-0.4, -0.2) is 30.7 Å². The average molecular weight is 221 g/mol. The Labute approximate surface area is 83.9 Å². The quantitative estimate of drug-likeness (QED) is 0.513. The Hall–Kier alpha value is -0.880. The van der Waals surface area contributed by atoms with Crippen molar-refractivity contribution in [3.05, 3.63) is 12.7 Å². The van der Waals surface area contributed by atoms with Crippen LogP contribution in [0.2, 0.25) is 0 Å². The third-order valence-corrected chi connectivity index (χ3v) is 3.46. The predicted molar refractivity (Wildman–Crippen MR) is 53.4 cm³/mol. The topological polar surface area (TPSA) is 83.5 Å². The van der Waals surface area contributed by atoms with Crippen LogP contribution >= 0.6 is 0 Å². The molecule has 0 aromatic heterocycles. The summed E-state index contributed by atoms with van der Waals surface area (Å²) in [6.45, 7) is 6.45. The van der Waals surface area contributed by atoms with Crippen LogP contribution in [0.4, 0.5) is 0 Å². The highest BCUT2D eigenvalue weighted by Crippen LogP contribution is 2.09. The van der Waals surface area contributed by atoms with E-state index in [2.05, 4.69) is 11.9 Å². The lowest BCUT2D eigenvalue weighted by Crippen LogP contribution is -2.34. The van der Waals surface area contributed by atoms with Crippen LogP contribution in [0, 0.1) is 5.92 Å². The highest BCUT2D eigenvalue weighted by molar-refractivity contribution is 7.86. The van der Waals surface area contributed by atoms with E-state index >= 15 is 0 Å². The van der Waals surface area contributed by atoms with Gasteiger partial charge in [-0.25, -0.2) is 0 Å². The molecule has 0 saturated heterocycles. The van der Waals surface area contributed by atoms with Gasteiger partial charge in [-0.2, -0.15) is 8.42 Å². The van der Waals surface area contributed by atoms with E-state index in [1.165, 1.54) is 6.92 Å². The van der Waals surface area contributed by atoms with Gasteiger partial charge in [0.05, 0.1) is 5.25 Å². The van der Waals surface area contributed by atoms with Crippen LogP contribution in [0.25, 0.3) is 0 Å². The SMILES string of the molecule is C=CC(=O)NCC(C)C(C)S(=O)(=O)O. The summed E-state index contributed by atoms with van der Waals surface area (Å²) in [5.74, 6) is -0.715. The second kappa shape index (κ2) is 5.11. The molecule has 5 nitrogen and oxygen atoms in total. The number of hydrogen-bond donors (Lipinski definition) is 2. The highest BCUT2D eigenvalue weighted by atomic mass is 32.2. The smallest absolute Gasteiger partial charge is 0.267 e. The van der Waals surface area contributed by atoms with Crippen LogP contribution in [0.15, 0.2) is 12.7 Å². The van der Waals surface area contributed by atoms with Gasteiger partial charge >= 0.3 is 0 Å². The molecule has 2 unspecified atom stereocenters. The van der Waals surface area contributed by atoms with E-state index in [0.717, 1.165) is 6.08 Å². The molecule has 0 aromatic rings. The molecule has 14 heavy (non-hydrogen) atoms. The summed E-state index contributed by atoms with van der Waals surface area (Å²) < 4.78 is 30.1. The first-order chi connectivity index (χ1) is 6.29. The normalized spacial score (nSPS) is 15.6. The molecule has 0 heterocycles. The van der Waals surface area contributed by atoms with Crippen LogP contribution in [0.5, 0.6) is 0 Å². The minimum atomic E-state index is -4.03. The molecule has 1 amide bonds. The summed E-state index contributed by atoms with van der Waals surface area (Å²) in [4.78, 5) is 10.7. The number of amides is 1. The van der Waals surface area contributed by atoms with Crippen molar-refractivity contribution in [2.75, 3.05) is 6.54 Å². The van der Waals surface area contributed by atoms with Crippen molar-refractivity contribution in [2.24, 2.45) is 5.92 Å². The first kappa shape index (κ1) is 13.1. The molecule has 2 atom stereocenters. The van der Waals surface area contributed by atoms with E-state index < -0.39 is 15.4 Å². The van der Waals surface area contributed by atoms with Crippen molar-refractivity contribution in [2.45, 2.75) is 19.1 Å². The van der Waals surface area contributed by atoms with E-state index in [9.17, 15) is 13.2 Å². The molecule has 0 saturated carbocycles. The third-order valence-electron chi connectivity index (χ3n) is 2.05. The summed E-state index contributed by atoms with van der Waals surface area (Å²) in [7, 11) is -4.03. The van der Waals surface area contributed by atoms with Gasteiger partial charge in [-0.05, 0) is 18.9 Å². The maximum atomic E-state index is 10.7. The van der Waals surface area contributed by atoms with Gasteiger partial charge in [0.15, 0.2) is 0 Å². The largest absolute Gasteiger partial charge is 0.352 e. The van der Waals surface area contributed by atoms with Crippen LogP contribution in [0.3, 0.4) is 0 Å². The number of nitrogens with one attached hydrogen (secondary N) is 1. The van der Waals surface area contributed by atoms with Crippen molar-refractivity contribution in [3.63, 3.8) is 0 Å². The van der Waals surface area contributed by atoms with Gasteiger partial charge in [0.1, 0.15) is 0 Å². The van der Waals surface area contributed by atoms with Gasteiger partial charge in [-0.1, -0.05) is 13.5 Å². The zero-order valence-corrected chi connectivity index (χ0v) is 9.04. The number of hydrogen-bond acceptors (Lipinski definition) is 3. The molecule has 0 fully saturated rings. The summed E-state index contributed by atoms with van der Waals surface area (Å²) in [6, 6.07) is 0. The molecule has 0 spiro atoms. The van der Waals surface area contributed by atoms with Gasteiger partial charge in [0.25, 0.3) is 10.1 Å². The number of carbonyl (C=O) groups excluding carboxylic acids is 1. The van der Waals surface area contributed by atoms with E-state index in [0.29, 0.717) is 0 Å². The van der Waals surface area contributed by atoms with E-state index in [1.54, 1.807) is 6.92 Å². The first-order valence-electron chi connectivity index (χ1n) is 4.15. The van der Waals surface area contributed by atoms with Crippen molar-refractivity contribution >= 4 is 16.0 Å². The Morgan fingerprint density at radius 3 is 2.43 bits per heavy atom. The summed E-state index contributed by atoms with van der Waals surface area (Å²) >= 11 is 0. The Bertz CT molecular complexity index is 309. The van der Waals surface area contributed by atoms with E-state index in [-0.39, 0.29) is 18.4 Å². The van der Waals surface area contributed by atoms with Crippen LogP contribution < -0.4 is 5.32 Å². The Morgan fingerprint density at radius 2 is 2.07 bits per heavy atom. The molecule has 0 aliphatic heterocycles. The lowest BCUT2D eigenvalue weighted by Gasteiger charge is -2.16. The second-order valence-electron chi connectivity index (χ2n) is 3.15. The zero-order valence-electron chi connectivity index (χ0n) is 8.23. The lowest BCUT2D eigenvalue weighted by molar-refractivity contribution is -0.116. The maximum Gasteiger partial charge on any atom is 0.267 e. The maximum absolute atomic E-state index is 10.7. The third kappa shape index (κ3) is 4.38. The minimum Gasteiger partial charge on any atom is -0.352 e. The minimum absolute atomic E-state index is 0.186. The van der Waals surface area contributed by atoms with Crippen molar-refractivity contribution in [1.82, 2.24) is 5.32 Å². The summed E-state index contributed by atoms with van der Waals surface area (Å²) in [5.41, 5.74) is 0. The molecule has 0 aromatic carbocycles. The second-order valence-corrected chi connectivity index (χ2v) is 4.92. The van der Waals surface area contributed by atoms with Crippen molar-refractivity contribution in [3.8, 4) is 0 Å². The number of carbonyl (C=O) groups is 1. The molecular formula is C8H15NO4S. The van der Waals surface area contributed by atoms with Crippen LogP contribution in [0.1, 0.15) is 13.8 Å². The van der Waals surface area contributed by atoms with E-state index in [4.69, 9.17) is 4.55 Å². The molecule has 0 bridgehead atoms. The summed E-state index contributed by atoms with van der Waals surface area (Å²) in [6.07, 6.45) is 1.10. The zero-order chi connectivity index (χ0) is 11.4. The predicted octanol–water partition coefficient (Wildman–Crippen LogP) is 0.201. The van der Waals surface area contributed by atoms with Gasteiger partial charge in [-0.3, -0.25) is 9.35 Å². The number of rotatable bonds is 5. The molecule has 6 heteroatoms. The van der Waals surface area contributed by atoms with Gasteiger partial charge in [-0.15, -0.1) is 0 Å². The van der Waals surface area contributed by atoms with Gasteiger partial charge in [0.2, 0.25) is 5.91 Å². The Morgan fingerprint density at radius 1 is 1.57 bits per heavy atom. The monoisotopic (exact) mass is 221 g/mol. The molecular weight excluding hydrogens is 206 g/mol. The molecule has 0 radical (unpaired) electrons. The molecule has 0 aliphatic rings. The fourth-order valence-electron chi connectivity index (χ4n) is 0.793. The van der Waals surface area contributed by atoms with Crippen molar-refractivity contribution < 1.29 is 17.8 Å². The Kier molecular flexibility index (Phi) is 4.79. The van der Waals surface area contributed by atoms with Gasteiger partial charge < -0.3 is 5.32 Å². The molecule has 0 rings (SSSR count). The van der Waals surface area contributed by atoms with Gasteiger partial charge in [0, 0.05) is 6.54 Å².